The van der Waals surface area contributed by atoms with Crippen molar-refractivity contribution in [3.8, 4) is 11.5 Å². The summed E-state index contributed by atoms with van der Waals surface area (Å²) in [6, 6.07) is 13.5. The highest BCUT2D eigenvalue weighted by molar-refractivity contribution is 5.94. The van der Waals surface area contributed by atoms with E-state index in [-0.39, 0.29) is 12.5 Å². The number of benzene rings is 2. The van der Waals surface area contributed by atoms with Crippen molar-refractivity contribution in [1.82, 2.24) is 4.90 Å². The number of amides is 1. The van der Waals surface area contributed by atoms with Gasteiger partial charge in [0.2, 0.25) is 0 Å². The Morgan fingerprint density at radius 3 is 2.44 bits per heavy atom. The fourth-order valence-corrected chi connectivity index (χ4v) is 3.02. The minimum Gasteiger partial charge on any atom is -0.495 e. The second kappa shape index (κ2) is 8.77. The number of methoxy groups -OCH3 is 1. The molecule has 0 aromatic heterocycles. The average molecular weight is 369 g/mol. The molecule has 1 N–H and O–H groups in total. The van der Waals surface area contributed by atoms with E-state index in [1.54, 1.807) is 7.11 Å². The van der Waals surface area contributed by atoms with Crippen LogP contribution in [0.15, 0.2) is 42.5 Å². The van der Waals surface area contributed by atoms with Crippen LogP contribution in [0.2, 0.25) is 0 Å². The Morgan fingerprint density at radius 2 is 1.78 bits per heavy atom. The number of carbonyl (C=O) groups is 1. The van der Waals surface area contributed by atoms with Crippen molar-refractivity contribution < 1.29 is 14.3 Å². The van der Waals surface area contributed by atoms with E-state index in [2.05, 4.69) is 22.2 Å². The minimum atomic E-state index is -0.218. The zero-order valence-corrected chi connectivity index (χ0v) is 16.2. The molecule has 27 heavy (non-hydrogen) atoms. The molecule has 0 aliphatic carbocycles. The van der Waals surface area contributed by atoms with Crippen LogP contribution in [-0.2, 0) is 4.79 Å². The first-order valence-corrected chi connectivity index (χ1v) is 9.16. The molecule has 6 heteroatoms. The molecule has 1 saturated heterocycles. The number of likely N-dealkylation sites (N-methyl/N-ethyl adjacent to an activating group) is 1. The zero-order chi connectivity index (χ0) is 19.2. The van der Waals surface area contributed by atoms with Gasteiger partial charge in [0.05, 0.1) is 12.8 Å². The number of nitrogens with zero attached hydrogens (tertiary/aromatic N) is 2. The molecule has 6 nitrogen and oxygen atoms in total. The molecule has 0 saturated carbocycles. The molecule has 1 aliphatic heterocycles. The standard InChI is InChI=1S/C21H27N3O3/c1-16-4-7-18(8-5-16)27-15-21(25)22-19-14-17(6-9-20(19)26-3)24-12-10-23(2)11-13-24/h4-9,14H,10-13,15H2,1-3H3,(H,22,25). The minimum absolute atomic E-state index is 0.0506. The van der Waals surface area contributed by atoms with Gasteiger partial charge in [0.25, 0.3) is 5.91 Å². The normalized spacial score (nSPS) is 14.7. The fourth-order valence-electron chi connectivity index (χ4n) is 3.02. The third-order valence-electron chi connectivity index (χ3n) is 4.72. The molecular weight excluding hydrogens is 342 g/mol. The van der Waals surface area contributed by atoms with E-state index in [9.17, 15) is 4.79 Å². The Hall–Kier alpha value is -2.73. The van der Waals surface area contributed by atoms with Gasteiger partial charge in [-0.15, -0.1) is 0 Å². The highest BCUT2D eigenvalue weighted by atomic mass is 16.5. The van der Waals surface area contributed by atoms with Gasteiger partial charge in [0.15, 0.2) is 6.61 Å². The van der Waals surface area contributed by atoms with Crippen molar-refractivity contribution in [2.45, 2.75) is 6.92 Å². The maximum atomic E-state index is 12.3. The molecule has 1 aliphatic rings. The summed E-state index contributed by atoms with van der Waals surface area (Å²) in [5.74, 6) is 1.09. The lowest BCUT2D eigenvalue weighted by Gasteiger charge is -2.34. The van der Waals surface area contributed by atoms with Crippen molar-refractivity contribution in [3.63, 3.8) is 0 Å². The molecule has 1 fully saturated rings. The maximum Gasteiger partial charge on any atom is 0.262 e. The fraction of sp³-hybridized carbons (Fsp3) is 0.381. The highest BCUT2D eigenvalue weighted by Crippen LogP contribution is 2.30. The molecule has 2 aromatic carbocycles. The monoisotopic (exact) mass is 369 g/mol. The van der Waals surface area contributed by atoms with Gasteiger partial charge in [-0.05, 0) is 44.3 Å². The van der Waals surface area contributed by atoms with Gasteiger partial charge in [0.1, 0.15) is 11.5 Å². The molecule has 3 rings (SSSR count). The number of ether oxygens (including phenoxy) is 2. The topological polar surface area (TPSA) is 54.0 Å². The molecular formula is C21H27N3O3. The Bertz CT molecular complexity index is 769. The van der Waals surface area contributed by atoms with E-state index in [0.29, 0.717) is 17.2 Å². The van der Waals surface area contributed by atoms with E-state index < -0.39 is 0 Å². The van der Waals surface area contributed by atoms with Gasteiger partial charge in [0, 0.05) is 31.9 Å². The third kappa shape index (κ3) is 5.14. The largest absolute Gasteiger partial charge is 0.495 e. The number of hydrogen-bond acceptors (Lipinski definition) is 5. The lowest BCUT2D eigenvalue weighted by molar-refractivity contribution is -0.118. The number of nitrogens with one attached hydrogen (secondary N) is 1. The number of anilines is 2. The van der Waals surface area contributed by atoms with E-state index >= 15 is 0 Å². The number of piperazine rings is 1. The first-order chi connectivity index (χ1) is 13.0. The summed E-state index contributed by atoms with van der Waals surface area (Å²) in [4.78, 5) is 17.0. The van der Waals surface area contributed by atoms with Crippen LogP contribution in [0, 0.1) is 6.92 Å². The maximum absolute atomic E-state index is 12.3. The molecule has 0 spiro atoms. The van der Waals surface area contributed by atoms with Crippen LogP contribution in [0.4, 0.5) is 11.4 Å². The van der Waals surface area contributed by atoms with Gasteiger partial charge in [-0.1, -0.05) is 17.7 Å². The molecule has 0 radical (unpaired) electrons. The second-order valence-corrected chi connectivity index (χ2v) is 6.82. The Morgan fingerprint density at radius 1 is 1.07 bits per heavy atom. The summed E-state index contributed by atoms with van der Waals surface area (Å²) in [7, 11) is 3.73. The lowest BCUT2D eigenvalue weighted by atomic mass is 10.2. The van der Waals surface area contributed by atoms with Gasteiger partial charge in [-0.3, -0.25) is 4.79 Å². The first kappa shape index (κ1) is 19.0. The summed E-state index contributed by atoms with van der Waals surface area (Å²) >= 11 is 0. The van der Waals surface area contributed by atoms with Crippen molar-refractivity contribution in [1.29, 1.82) is 0 Å². The Labute approximate surface area is 160 Å². The van der Waals surface area contributed by atoms with Crippen molar-refractivity contribution in [3.05, 3.63) is 48.0 Å². The van der Waals surface area contributed by atoms with Gasteiger partial charge in [-0.25, -0.2) is 0 Å². The van der Waals surface area contributed by atoms with E-state index in [0.717, 1.165) is 37.4 Å². The summed E-state index contributed by atoms with van der Waals surface area (Å²) in [5.41, 5.74) is 2.89. The Kier molecular flexibility index (Phi) is 6.19. The predicted molar refractivity (Wildman–Crippen MR) is 108 cm³/mol. The number of hydrogen-bond donors (Lipinski definition) is 1. The molecule has 144 valence electrons. The molecule has 0 atom stereocenters. The summed E-state index contributed by atoms with van der Waals surface area (Å²) in [6.45, 7) is 5.94. The number of rotatable bonds is 6. The van der Waals surface area contributed by atoms with Gasteiger partial charge < -0.3 is 24.6 Å². The summed E-state index contributed by atoms with van der Waals surface area (Å²) in [6.07, 6.45) is 0. The Balaban J connectivity index is 1.64. The molecule has 0 bridgehead atoms. The molecule has 2 aromatic rings. The van der Waals surface area contributed by atoms with E-state index in [1.807, 2.05) is 49.4 Å². The van der Waals surface area contributed by atoms with Crippen LogP contribution in [-0.4, -0.2) is 57.8 Å². The molecule has 1 amide bonds. The van der Waals surface area contributed by atoms with Crippen molar-refractivity contribution in [2.75, 3.05) is 57.2 Å². The number of carbonyl (C=O) groups excluding carboxylic acids is 1. The van der Waals surface area contributed by atoms with Crippen LogP contribution >= 0.6 is 0 Å². The van der Waals surface area contributed by atoms with Crippen LogP contribution in [0.5, 0.6) is 11.5 Å². The van der Waals surface area contributed by atoms with Crippen molar-refractivity contribution >= 4 is 17.3 Å². The van der Waals surface area contributed by atoms with E-state index in [1.165, 1.54) is 0 Å². The van der Waals surface area contributed by atoms with Crippen LogP contribution in [0.1, 0.15) is 5.56 Å². The quantitative estimate of drug-likeness (QED) is 0.849. The smallest absolute Gasteiger partial charge is 0.262 e. The first-order valence-electron chi connectivity index (χ1n) is 9.16. The van der Waals surface area contributed by atoms with Crippen LogP contribution in [0.25, 0.3) is 0 Å². The second-order valence-electron chi connectivity index (χ2n) is 6.82. The lowest BCUT2D eigenvalue weighted by Crippen LogP contribution is -2.44. The summed E-state index contributed by atoms with van der Waals surface area (Å²) in [5, 5.41) is 2.91. The van der Waals surface area contributed by atoms with Gasteiger partial charge >= 0.3 is 0 Å². The molecule has 0 unspecified atom stereocenters. The SMILES string of the molecule is COc1ccc(N2CCN(C)CC2)cc1NC(=O)COc1ccc(C)cc1. The summed E-state index contributed by atoms with van der Waals surface area (Å²) < 4.78 is 11.0. The van der Waals surface area contributed by atoms with Crippen molar-refractivity contribution in [2.24, 2.45) is 0 Å². The number of aryl methyl sites for hydroxylation is 1. The highest BCUT2D eigenvalue weighted by Gasteiger charge is 2.16. The third-order valence-corrected chi connectivity index (χ3v) is 4.72. The average Bonchev–Trinajstić information content (AvgIpc) is 2.68. The predicted octanol–water partition coefficient (Wildman–Crippen LogP) is 2.77. The van der Waals surface area contributed by atoms with Gasteiger partial charge in [-0.2, -0.15) is 0 Å². The van der Waals surface area contributed by atoms with Crippen LogP contribution < -0.4 is 19.7 Å². The zero-order valence-electron chi connectivity index (χ0n) is 16.2. The van der Waals surface area contributed by atoms with Crippen LogP contribution in [0.3, 0.4) is 0 Å². The van der Waals surface area contributed by atoms with E-state index in [4.69, 9.17) is 9.47 Å². The molecule has 1 heterocycles.